The van der Waals surface area contributed by atoms with Crippen LogP contribution in [0.25, 0.3) is 0 Å². The van der Waals surface area contributed by atoms with E-state index >= 15 is 0 Å². The molecule has 0 aliphatic heterocycles. The average molecular weight is 209 g/mol. The molecule has 2 aliphatic rings. The van der Waals surface area contributed by atoms with E-state index in [4.69, 9.17) is 0 Å². The van der Waals surface area contributed by atoms with Gasteiger partial charge in [0.1, 0.15) is 0 Å². The van der Waals surface area contributed by atoms with Crippen molar-refractivity contribution in [2.24, 2.45) is 23.7 Å². The van der Waals surface area contributed by atoms with Gasteiger partial charge in [-0.25, -0.2) is 0 Å². The third-order valence-electron chi connectivity index (χ3n) is 5.23. The summed E-state index contributed by atoms with van der Waals surface area (Å²) >= 11 is 0. The average Bonchev–Trinajstić information content (AvgIpc) is 2.17. The van der Waals surface area contributed by atoms with Crippen molar-refractivity contribution >= 4 is 0 Å². The van der Waals surface area contributed by atoms with E-state index in [1.807, 2.05) is 0 Å². The molecule has 2 rings (SSSR count). The van der Waals surface area contributed by atoms with Gasteiger partial charge in [-0.05, 0) is 62.8 Å². The number of fused-ring (bicyclic) bond motifs is 2. The molecule has 2 fully saturated rings. The summed E-state index contributed by atoms with van der Waals surface area (Å²) in [6.45, 7) is 7.25. The number of rotatable bonds is 2. The van der Waals surface area contributed by atoms with Crippen LogP contribution in [0, 0.1) is 23.7 Å². The van der Waals surface area contributed by atoms with Crippen LogP contribution in [-0.2, 0) is 0 Å². The lowest BCUT2D eigenvalue weighted by atomic mass is 9.57. The van der Waals surface area contributed by atoms with E-state index in [0.29, 0.717) is 5.54 Å². The molecule has 0 amide bonds. The highest BCUT2D eigenvalue weighted by Gasteiger charge is 2.47. The highest BCUT2D eigenvalue weighted by molar-refractivity contribution is 5.02. The van der Waals surface area contributed by atoms with Crippen molar-refractivity contribution in [3.05, 3.63) is 0 Å². The van der Waals surface area contributed by atoms with E-state index in [2.05, 4.69) is 33.1 Å². The van der Waals surface area contributed by atoms with Gasteiger partial charge >= 0.3 is 0 Å². The molecule has 4 unspecified atom stereocenters. The third kappa shape index (κ3) is 1.84. The van der Waals surface area contributed by atoms with Gasteiger partial charge in [-0.15, -0.1) is 0 Å². The normalized spacial score (nSPS) is 45.8. The molecule has 0 aromatic heterocycles. The monoisotopic (exact) mass is 209 g/mol. The minimum absolute atomic E-state index is 0.450. The fraction of sp³-hybridized carbons (Fsp3) is 1.00. The topological polar surface area (TPSA) is 12.0 Å². The first-order valence-electron chi connectivity index (χ1n) is 6.77. The molecule has 0 heterocycles. The van der Waals surface area contributed by atoms with E-state index in [9.17, 15) is 0 Å². The Balaban J connectivity index is 2.19. The molecular formula is C14H27N. The fourth-order valence-electron chi connectivity index (χ4n) is 4.43. The Labute approximate surface area is 95.0 Å². The molecule has 0 saturated heterocycles. The maximum Gasteiger partial charge on any atom is 0.0229 e. The van der Waals surface area contributed by atoms with Gasteiger partial charge < -0.3 is 5.32 Å². The lowest BCUT2D eigenvalue weighted by Crippen LogP contribution is -2.58. The van der Waals surface area contributed by atoms with Crippen molar-refractivity contribution < 1.29 is 0 Å². The first kappa shape index (κ1) is 11.4. The Kier molecular flexibility index (Phi) is 3.12. The number of hydrogen-bond donors (Lipinski definition) is 1. The molecule has 1 nitrogen and oxygen atoms in total. The maximum atomic E-state index is 3.69. The summed E-state index contributed by atoms with van der Waals surface area (Å²) in [5, 5.41) is 3.69. The third-order valence-corrected chi connectivity index (χ3v) is 5.23. The molecule has 2 aliphatic carbocycles. The minimum Gasteiger partial charge on any atom is -0.314 e. The van der Waals surface area contributed by atoms with Crippen molar-refractivity contribution in [1.29, 1.82) is 0 Å². The van der Waals surface area contributed by atoms with E-state index in [-0.39, 0.29) is 0 Å². The van der Waals surface area contributed by atoms with Crippen molar-refractivity contribution in [2.75, 3.05) is 7.05 Å². The van der Waals surface area contributed by atoms with Crippen LogP contribution < -0.4 is 5.32 Å². The van der Waals surface area contributed by atoms with Gasteiger partial charge in [0.15, 0.2) is 0 Å². The van der Waals surface area contributed by atoms with Gasteiger partial charge in [-0.1, -0.05) is 20.8 Å². The highest BCUT2D eigenvalue weighted by atomic mass is 15.0. The molecule has 4 atom stereocenters. The molecule has 0 spiro atoms. The molecule has 0 aromatic carbocycles. The van der Waals surface area contributed by atoms with Crippen molar-refractivity contribution in [2.45, 2.75) is 58.4 Å². The van der Waals surface area contributed by atoms with Crippen LogP contribution >= 0.6 is 0 Å². The Morgan fingerprint density at radius 2 is 1.93 bits per heavy atom. The molecule has 88 valence electrons. The standard InChI is InChI=1S/C14H27N/c1-10(2)14(15-4)6-5-12-7-11(3)8-13(14)9-12/h10-13,15H,5-9H2,1-4H3. The second-order valence-corrected chi connectivity index (χ2v) is 6.36. The molecule has 0 aromatic rings. The molecule has 2 bridgehead atoms. The van der Waals surface area contributed by atoms with Gasteiger partial charge in [-0.3, -0.25) is 0 Å². The smallest absolute Gasteiger partial charge is 0.0229 e. The predicted molar refractivity (Wildman–Crippen MR) is 65.9 cm³/mol. The zero-order chi connectivity index (χ0) is 11.1. The van der Waals surface area contributed by atoms with Gasteiger partial charge in [0.05, 0.1) is 0 Å². The van der Waals surface area contributed by atoms with Crippen LogP contribution in [0.4, 0.5) is 0 Å². The first-order chi connectivity index (χ1) is 7.08. The molecule has 0 radical (unpaired) electrons. The minimum atomic E-state index is 0.450. The molecular weight excluding hydrogens is 182 g/mol. The summed E-state index contributed by atoms with van der Waals surface area (Å²) in [6.07, 6.45) is 7.30. The van der Waals surface area contributed by atoms with E-state index < -0.39 is 0 Å². The molecule has 1 heteroatoms. The zero-order valence-corrected chi connectivity index (χ0v) is 10.8. The second-order valence-electron chi connectivity index (χ2n) is 6.36. The fourth-order valence-corrected chi connectivity index (χ4v) is 4.43. The Hall–Kier alpha value is -0.0400. The highest BCUT2D eigenvalue weighted by Crippen LogP contribution is 2.49. The van der Waals surface area contributed by atoms with Gasteiger partial charge in [0.2, 0.25) is 0 Å². The summed E-state index contributed by atoms with van der Waals surface area (Å²) in [7, 11) is 2.18. The largest absolute Gasteiger partial charge is 0.314 e. The van der Waals surface area contributed by atoms with E-state index in [1.54, 1.807) is 0 Å². The molecule has 2 saturated carbocycles. The number of hydrogen-bond acceptors (Lipinski definition) is 1. The Bertz CT molecular complexity index is 221. The maximum absolute atomic E-state index is 3.69. The lowest BCUT2D eigenvalue weighted by molar-refractivity contribution is 0.0173. The number of nitrogens with one attached hydrogen (secondary N) is 1. The van der Waals surface area contributed by atoms with Gasteiger partial charge in [-0.2, -0.15) is 0 Å². The summed E-state index contributed by atoms with van der Waals surface area (Å²) in [5.41, 5.74) is 0.450. The zero-order valence-electron chi connectivity index (χ0n) is 10.8. The van der Waals surface area contributed by atoms with E-state index in [0.717, 1.165) is 23.7 Å². The predicted octanol–water partition coefficient (Wildman–Crippen LogP) is 3.45. The lowest BCUT2D eigenvalue weighted by Gasteiger charge is -2.53. The Morgan fingerprint density at radius 3 is 2.53 bits per heavy atom. The van der Waals surface area contributed by atoms with E-state index in [1.165, 1.54) is 32.1 Å². The summed E-state index contributed by atoms with van der Waals surface area (Å²) in [6, 6.07) is 0. The van der Waals surface area contributed by atoms with Crippen molar-refractivity contribution in [3.8, 4) is 0 Å². The SMILES string of the molecule is CNC1(C(C)C)CCC2CC(C)CC1C2. The van der Waals surface area contributed by atoms with Crippen LogP contribution in [0.3, 0.4) is 0 Å². The quantitative estimate of drug-likeness (QED) is 0.734. The van der Waals surface area contributed by atoms with Crippen LogP contribution in [0.1, 0.15) is 52.9 Å². The van der Waals surface area contributed by atoms with Gasteiger partial charge in [0, 0.05) is 5.54 Å². The molecule has 15 heavy (non-hydrogen) atoms. The Morgan fingerprint density at radius 1 is 1.20 bits per heavy atom. The first-order valence-corrected chi connectivity index (χ1v) is 6.77. The summed E-state index contributed by atoms with van der Waals surface area (Å²) in [4.78, 5) is 0. The summed E-state index contributed by atoms with van der Waals surface area (Å²) in [5.74, 6) is 3.71. The molecule has 1 N–H and O–H groups in total. The summed E-state index contributed by atoms with van der Waals surface area (Å²) < 4.78 is 0. The second kappa shape index (κ2) is 4.08. The van der Waals surface area contributed by atoms with Gasteiger partial charge in [0.25, 0.3) is 0 Å². The van der Waals surface area contributed by atoms with Crippen molar-refractivity contribution in [1.82, 2.24) is 5.32 Å². The van der Waals surface area contributed by atoms with Crippen LogP contribution in [0.15, 0.2) is 0 Å². The van der Waals surface area contributed by atoms with Crippen LogP contribution in [0.5, 0.6) is 0 Å². The van der Waals surface area contributed by atoms with Crippen LogP contribution in [0.2, 0.25) is 0 Å². The van der Waals surface area contributed by atoms with Crippen molar-refractivity contribution in [3.63, 3.8) is 0 Å². The van der Waals surface area contributed by atoms with Crippen LogP contribution in [-0.4, -0.2) is 12.6 Å².